The third-order valence-corrected chi connectivity index (χ3v) is 2.66. The summed E-state index contributed by atoms with van der Waals surface area (Å²) in [6, 6.07) is -0.406. The van der Waals surface area contributed by atoms with Gasteiger partial charge in [-0.1, -0.05) is 0 Å². The fourth-order valence-corrected chi connectivity index (χ4v) is 1.46. The molecule has 1 heterocycles. The van der Waals surface area contributed by atoms with Gasteiger partial charge >= 0.3 is 6.03 Å². The standard InChI is InChI=1S/C11H20N6O2/c1-5-17-7-14-16-8(17)6-13-9(18)11(2,3)15-10(19)12-4/h7H,5-6H2,1-4H3,(H,13,18)(H2,12,15,19). The van der Waals surface area contributed by atoms with E-state index in [1.165, 1.54) is 7.05 Å². The predicted octanol–water partition coefficient (Wildman–Crippen LogP) is -0.378. The highest BCUT2D eigenvalue weighted by Crippen LogP contribution is 2.03. The van der Waals surface area contributed by atoms with Gasteiger partial charge in [-0.3, -0.25) is 4.79 Å². The number of aryl methyl sites for hydroxylation is 1. The van der Waals surface area contributed by atoms with Gasteiger partial charge in [-0.25, -0.2) is 4.79 Å². The van der Waals surface area contributed by atoms with Crippen molar-refractivity contribution in [2.75, 3.05) is 7.05 Å². The minimum atomic E-state index is -1.00. The van der Waals surface area contributed by atoms with Gasteiger partial charge in [-0.05, 0) is 20.8 Å². The summed E-state index contributed by atoms with van der Waals surface area (Å²) in [5.74, 6) is 0.383. The molecule has 0 saturated heterocycles. The van der Waals surface area contributed by atoms with Crippen molar-refractivity contribution in [3.8, 4) is 0 Å². The van der Waals surface area contributed by atoms with Gasteiger partial charge in [0.15, 0.2) is 5.82 Å². The van der Waals surface area contributed by atoms with Crippen molar-refractivity contribution < 1.29 is 9.59 Å². The van der Waals surface area contributed by atoms with Gasteiger partial charge in [-0.2, -0.15) is 0 Å². The molecule has 1 aromatic heterocycles. The second-order valence-corrected chi connectivity index (χ2v) is 4.54. The first-order valence-electron chi connectivity index (χ1n) is 6.05. The molecule has 0 radical (unpaired) electrons. The zero-order valence-corrected chi connectivity index (χ0v) is 11.6. The number of carbonyl (C=O) groups is 2. The van der Waals surface area contributed by atoms with Crippen molar-refractivity contribution in [3.05, 3.63) is 12.2 Å². The van der Waals surface area contributed by atoms with E-state index in [9.17, 15) is 9.59 Å². The van der Waals surface area contributed by atoms with Crippen molar-refractivity contribution in [2.24, 2.45) is 0 Å². The summed E-state index contributed by atoms with van der Waals surface area (Å²) in [6.07, 6.45) is 1.61. The highest BCUT2D eigenvalue weighted by atomic mass is 16.2. The Hall–Kier alpha value is -2.12. The molecule has 106 valence electrons. The molecule has 8 nitrogen and oxygen atoms in total. The second-order valence-electron chi connectivity index (χ2n) is 4.54. The molecule has 0 bridgehead atoms. The van der Waals surface area contributed by atoms with Gasteiger partial charge < -0.3 is 20.5 Å². The van der Waals surface area contributed by atoms with Crippen LogP contribution in [0.15, 0.2) is 6.33 Å². The highest BCUT2D eigenvalue weighted by molar-refractivity contribution is 5.90. The number of carbonyl (C=O) groups excluding carboxylic acids is 2. The largest absolute Gasteiger partial charge is 0.347 e. The highest BCUT2D eigenvalue weighted by Gasteiger charge is 2.29. The molecule has 3 amide bonds. The molecule has 0 aliphatic heterocycles. The fourth-order valence-electron chi connectivity index (χ4n) is 1.46. The van der Waals surface area contributed by atoms with E-state index in [4.69, 9.17) is 0 Å². The van der Waals surface area contributed by atoms with Crippen molar-refractivity contribution in [3.63, 3.8) is 0 Å². The summed E-state index contributed by atoms with van der Waals surface area (Å²) >= 11 is 0. The number of hydrogen-bond acceptors (Lipinski definition) is 4. The summed E-state index contributed by atoms with van der Waals surface area (Å²) in [5.41, 5.74) is -1.00. The van der Waals surface area contributed by atoms with E-state index in [0.717, 1.165) is 6.54 Å². The first-order valence-corrected chi connectivity index (χ1v) is 6.05. The molecule has 0 aliphatic carbocycles. The zero-order valence-electron chi connectivity index (χ0n) is 11.6. The molecule has 0 fully saturated rings. The van der Waals surface area contributed by atoms with Gasteiger partial charge in [0.25, 0.3) is 0 Å². The maximum absolute atomic E-state index is 12.0. The summed E-state index contributed by atoms with van der Waals surface area (Å²) in [5, 5.41) is 15.4. The molecule has 0 unspecified atom stereocenters. The van der Waals surface area contributed by atoms with Crippen LogP contribution in [0.25, 0.3) is 0 Å². The number of urea groups is 1. The number of hydrogen-bond donors (Lipinski definition) is 3. The van der Waals surface area contributed by atoms with Crippen molar-refractivity contribution in [2.45, 2.75) is 39.4 Å². The minimum absolute atomic E-state index is 0.269. The molecule has 3 N–H and O–H groups in total. The molecular weight excluding hydrogens is 248 g/mol. The lowest BCUT2D eigenvalue weighted by Gasteiger charge is -2.24. The lowest BCUT2D eigenvalue weighted by Crippen LogP contribution is -2.56. The number of nitrogens with one attached hydrogen (secondary N) is 3. The topological polar surface area (TPSA) is 101 Å². The van der Waals surface area contributed by atoms with Crippen LogP contribution in [-0.4, -0.2) is 39.3 Å². The van der Waals surface area contributed by atoms with Gasteiger partial charge in [0.2, 0.25) is 5.91 Å². The van der Waals surface area contributed by atoms with E-state index < -0.39 is 11.6 Å². The Kier molecular flexibility index (Phi) is 4.85. The monoisotopic (exact) mass is 268 g/mol. The van der Waals surface area contributed by atoms with Crippen LogP contribution in [0.1, 0.15) is 26.6 Å². The molecule has 0 saturated carbocycles. The molecule has 19 heavy (non-hydrogen) atoms. The molecule has 0 aromatic carbocycles. The normalized spacial score (nSPS) is 10.9. The number of aromatic nitrogens is 3. The molecule has 1 rings (SSSR count). The van der Waals surface area contributed by atoms with Crippen molar-refractivity contribution >= 4 is 11.9 Å². The van der Waals surface area contributed by atoms with E-state index in [0.29, 0.717) is 5.82 Å². The Balaban J connectivity index is 2.57. The van der Waals surface area contributed by atoms with Gasteiger partial charge in [0, 0.05) is 13.6 Å². The maximum Gasteiger partial charge on any atom is 0.315 e. The third-order valence-electron chi connectivity index (χ3n) is 2.66. The third kappa shape index (κ3) is 3.94. The number of rotatable bonds is 5. The Labute approximate surface area is 112 Å². The lowest BCUT2D eigenvalue weighted by atomic mass is 10.1. The van der Waals surface area contributed by atoms with Crippen LogP contribution >= 0.6 is 0 Å². The SMILES string of the molecule is CCn1cnnc1CNC(=O)C(C)(C)NC(=O)NC. The van der Waals surface area contributed by atoms with Crippen molar-refractivity contribution in [1.82, 2.24) is 30.7 Å². The Morgan fingerprint density at radius 2 is 2.11 bits per heavy atom. The van der Waals surface area contributed by atoms with Crippen LogP contribution in [0, 0.1) is 0 Å². The van der Waals surface area contributed by atoms with E-state index >= 15 is 0 Å². The maximum atomic E-state index is 12.0. The van der Waals surface area contributed by atoms with Crippen LogP contribution in [0.3, 0.4) is 0 Å². The molecule has 0 aliphatic rings. The smallest absolute Gasteiger partial charge is 0.315 e. The van der Waals surface area contributed by atoms with E-state index in [2.05, 4.69) is 26.1 Å². The van der Waals surface area contributed by atoms with Crippen LogP contribution in [-0.2, 0) is 17.9 Å². The van der Waals surface area contributed by atoms with Crippen LogP contribution < -0.4 is 16.0 Å². The van der Waals surface area contributed by atoms with E-state index in [1.54, 1.807) is 20.2 Å². The first kappa shape index (κ1) is 14.9. The minimum Gasteiger partial charge on any atom is -0.347 e. The van der Waals surface area contributed by atoms with Crippen LogP contribution in [0.2, 0.25) is 0 Å². The summed E-state index contributed by atoms with van der Waals surface area (Å²) < 4.78 is 1.83. The fraction of sp³-hybridized carbons (Fsp3) is 0.636. The Morgan fingerprint density at radius 3 is 2.68 bits per heavy atom. The van der Waals surface area contributed by atoms with E-state index in [-0.39, 0.29) is 12.5 Å². The summed E-state index contributed by atoms with van der Waals surface area (Å²) in [4.78, 5) is 23.2. The Morgan fingerprint density at radius 1 is 1.42 bits per heavy atom. The molecule has 0 atom stereocenters. The quantitative estimate of drug-likeness (QED) is 0.677. The Bertz CT molecular complexity index is 454. The first-order chi connectivity index (χ1) is 8.90. The second kappa shape index (κ2) is 6.17. The van der Waals surface area contributed by atoms with E-state index in [1.807, 2.05) is 11.5 Å². The summed E-state index contributed by atoms with van der Waals surface area (Å²) in [6.45, 7) is 6.22. The molecular formula is C11H20N6O2. The summed E-state index contributed by atoms with van der Waals surface area (Å²) in [7, 11) is 1.49. The van der Waals surface area contributed by atoms with Gasteiger partial charge in [-0.15, -0.1) is 10.2 Å². The molecule has 0 spiro atoms. The van der Waals surface area contributed by atoms with Crippen LogP contribution in [0.5, 0.6) is 0 Å². The molecule has 1 aromatic rings. The molecule has 8 heteroatoms. The average molecular weight is 268 g/mol. The van der Waals surface area contributed by atoms with Crippen molar-refractivity contribution in [1.29, 1.82) is 0 Å². The van der Waals surface area contributed by atoms with Crippen LogP contribution in [0.4, 0.5) is 4.79 Å². The van der Waals surface area contributed by atoms with Gasteiger partial charge in [0.05, 0.1) is 6.54 Å². The van der Waals surface area contributed by atoms with Gasteiger partial charge in [0.1, 0.15) is 11.9 Å². The number of amides is 3. The lowest BCUT2D eigenvalue weighted by molar-refractivity contribution is -0.126. The predicted molar refractivity (Wildman–Crippen MR) is 69.2 cm³/mol. The number of nitrogens with zero attached hydrogens (tertiary/aromatic N) is 3. The average Bonchev–Trinajstić information content (AvgIpc) is 2.82. The zero-order chi connectivity index (χ0) is 14.5.